The highest BCUT2D eigenvalue weighted by Crippen LogP contribution is 2.24. The summed E-state index contributed by atoms with van der Waals surface area (Å²) in [5.41, 5.74) is 0.329. The number of rotatable bonds is 4. The number of thiocarbonyl (C=S) groups is 1. The van der Waals surface area contributed by atoms with Crippen molar-refractivity contribution in [3.05, 3.63) is 65.5 Å². The van der Waals surface area contributed by atoms with Crippen LogP contribution in [0.15, 0.2) is 54.1 Å². The number of nitrogens with zero attached hydrogens (tertiary/aromatic N) is 2. The molecule has 2 aromatic rings. The van der Waals surface area contributed by atoms with Crippen molar-refractivity contribution in [3.8, 4) is 11.8 Å². The van der Waals surface area contributed by atoms with Gasteiger partial charge in [-0.3, -0.25) is 14.9 Å². The summed E-state index contributed by atoms with van der Waals surface area (Å²) >= 11 is 5.03. The quantitative estimate of drug-likeness (QED) is 0.500. The van der Waals surface area contributed by atoms with Crippen LogP contribution in [0.2, 0.25) is 0 Å². The van der Waals surface area contributed by atoms with Gasteiger partial charge in [-0.1, -0.05) is 24.3 Å². The molecule has 8 heteroatoms. The lowest BCUT2D eigenvalue weighted by Gasteiger charge is -2.29. The number of nitriles is 1. The lowest BCUT2D eigenvalue weighted by atomic mass is 10.1. The Kier molecular flexibility index (Phi) is 5.24. The topological polar surface area (TPSA) is 82.4 Å². The van der Waals surface area contributed by atoms with Crippen molar-refractivity contribution < 1.29 is 18.7 Å². The number of benzene rings is 2. The number of carbonyl (C=O) groups is 2. The second-order valence-electron chi connectivity index (χ2n) is 5.43. The predicted octanol–water partition coefficient (Wildman–Crippen LogP) is 2.56. The summed E-state index contributed by atoms with van der Waals surface area (Å²) in [7, 11) is 0. The van der Waals surface area contributed by atoms with Crippen molar-refractivity contribution in [3.63, 3.8) is 0 Å². The fourth-order valence-electron chi connectivity index (χ4n) is 2.45. The molecule has 1 heterocycles. The molecule has 0 bridgehead atoms. The molecule has 0 aromatic heterocycles. The highest BCUT2D eigenvalue weighted by molar-refractivity contribution is 7.80. The van der Waals surface area contributed by atoms with E-state index < -0.39 is 17.6 Å². The molecule has 2 aromatic carbocycles. The largest absolute Gasteiger partial charge is 0.479 e. The number of hydrogen-bond acceptors (Lipinski definition) is 5. The van der Waals surface area contributed by atoms with Crippen LogP contribution in [-0.4, -0.2) is 23.5 Å². The van der Waals surface area contributed by atoms with E-state index in [-0.39, 0.29) is 23.0 Å². The van der Waals surface area contributed by atoms with E-state index >= 15 is 0 Å². The van der Waals surface area contributed by atoms with Crippen molar-refractivity contribution in [2.45, 2.75) is 0 Å². The molecule has 0 radical (unpaired) electrons. The van der Waals surface area contributed by atoms with Gasteiger partial charge in [0.05, 0.1) is 5.69 Å². The van der Waals surface area contributed by atoms with Crippen LogP contribution in [0.25, 0.3) is 6.08 Å². The second-order valence-corrected chi connectivity index (χ2v) is 5.81. The molecular weight excluding hydrogens is 369 g/mol. The van der Waals surface area contributed by atoms with E-state index in [0.717, 1.165) is 4.90 Å². The Hall–Kier alpha value is -3.57. The molecule has 134 valence electrons. The van der Waals surface area contributed by atoms with Crippen molar-refractivity contribution in [1.29, 1.82) is 5.26 Å². The molecule has 1 fully saturated rings. The third kappa shape index (κ3) is 3.83. The molecule has 0 atom stereocenters. The van der Waals surface area contributed by atoms with E-state index in [1.165, 1.54) is 24.3 Å². The van der Waals surface area contributed by atoms with E-state index in [4.69, 9.17) is 22.2 Å². The van der Waals surface area contributed by atoms with Gasteiger partial charge in [0.25, 0.3) is 11.8 Å². The lowest BCUT2D eigenvalue weighted by molar-refractivity contribution is -0.122. The zero-order valence-corrected chi connectivity index (χ0v) is 14.6. The van der Waals surface area contributed by atoms with Crippen LogP contribution in [-0.2, 0) is 9.59 Å². The van der Waals surface area contributed by atoms with Gasteiger partial charge < -0.3 is 4.74 Å². The zero-order valence-electron chi connectivity index (χ0n) is 13.8. The van der Waals surface area contributed by atoms with E-state index in [1.54, 1.807) is 30.3 Å². The molecule has 0 unspecified atom stereocenters. The van der Waals surface area contributed by atoms with E-state index in [0.29, 0.717) is 11.3 Å². The van der Waals surface area contributed by atoms with Gasteiger partial charge in [0.15, 0.2) is 11.7 Å². The Morgan fingerprint density at radius 3 is 2.56 bits per heavy atom. The van der Waals surface area contributed by atoms with Crippen LogP contribution in [0.5, 0.6) is 5.75 Å². The number of amides is 2. The van der Waals surface area contributed by atoms with Crippen molar-refractivity contribution >= 4 is 40.9 Å². The second kappa shape index (κ2) is 7.76. The summed E-state index contributed by atoms with van der Waals surface area (Å²) in [6.45, 7) is -0.0869. The molecule has 6 nitrogen and oxygen atoms in total. The number of hydrogen-bond donors (Lipinski definition) is 1. The van der Waals surface area contributed by atoms with Gasteiger partial charge in [0, 0.05) is 0 Å². The summed E-state index contributed by atoms with van der Waals surface area (Å²) in [4.78, 5) is 26.0. The summed E-state index contributed by atoms with van der Waals surface area (Å²) in [6.07, 6.45) is 1.38. The number of para-hydroxylation sites is 1. The monoisotopic (exact) mass is 381 g/mol. The van der Waals surface area contributed by atoms with Gasteiger partial charge in [0.2, 0.25) is 0 Å². The first-order valence-corrected chi connectivity index (χ1v) is 8.18. The molecule has 1 N–H and O–H groups in total. The Morgan fingerprint density at radius 1 is 1.19 bits per heavy atom. The third-order valence-corrected chi connectivity index (χ3v) is 3.97. The van der Waals surface area contributed by atoms with Crippen molar-refractivity contribution in [2.75, 3.05) is 11.5 Å². The minimum atomic E-state index is -0.723. The van der Waals surface area contributed by atoms with Gasteiger partial charge in [0.1, 0.15) is 23.2 Å². The maximum Gasteiger partial charge on any atom is 0.270 e. The maximum atomic E-state index is 14.1. The Labute approximate surface area is 159 Å². The number of ether oxygens (including phenoxy) is 1. The highest BCUT2D eigenvalue weighted by atomic mass is 32.1. The molecule has 1 saturated heterocycles. The van der Waals surface area contributed by atoms with E-state index in [1.807, 2.05) is 6.07 Å². The van der Waals surface area contributed by atoms with Crippen LogP contribution < -0.4 is 15.0 Å². The lowest BCUT2D eigenvalue weighted by Crippen LogP contribution is -2.54. The first-order chi connectivity index (χ1) is 13.0. The standard InChI is InChI=1S/C19H12FN3O3S/c20-15-3-1-2-4-16(15)23-18(25)14(17(24)22-19(23)27)11-12-5-7-13(8-6-12)26-10-9-21/h1-8,11H,10H2,(H,22,24,27)/b14-11-. The molecule has 3 rings (SSSR count). The minimum absolute atomic E-state index is 0.0429. The number of halogens is 1. The van der Waals surface area contributed by atoms with Gasteiger partial charge >= 0.3 is 0 Å². The highest BCUT2D eigenvalue weighted by Gasteiger charge is 2.35. The average Bonchev–Trinajstić information content (AvgIpc) is 2.66. The summed E-state index contributed by atoms with van der Waals surface area (Å²) in [5, 5.41) is 10.7. The van der Waals surface area contributed by atoms with Crippen LogP contribution in [0, 0.1) is 17.1 Å². The summed E-state index contributed by atoms with van der Waals surface area (Å²) in [5.74, 6) is -1.55. The van der Waals surface area contributed by atoms with Gasteiger partial charge in [-0.2, -0.15) is 5.26 Å². The Balaban J connectivity index is 1.92. The third-order valence-electron chi connectivity index (χ3n) is 3.69. The fourth-order valence-corrected chi connectivity index (χ4v) is 2.73. The molecule has 0 spiro atoms. The first kappa shape index (κ1) is 18.2. The smallest absolute Gasteiger partial charge is 0.270 e. The average molecular weight is 381 g/mol. The number of anilines is 1. The zero-order chi connectivity index (χ0) is 19.4. The van der Waals surface area contributed by atoms with Crippen LogP contribution in [0.4, 0.5) is 10.1 Å². The minimum Gasteiger partial charge on any atom is -0.479 e. The SMILES string of the molecule is N#CCOc1ccc(/C=C2/C(=O)NC(=S)N(c3ccccc3F)C2=O)cc1. The van der Waals surface area contributed by atoms with Gasteiger partial charge in [-0.05, 0) is 48.1 Å². The van der Waals surface area contributed by atoms with E-state index in [9.17, 15) is 14.0 Å². The van der Waals surface area contributed by atoms with Crippen molar-refractivity contribution in [1.82, 2.24) is 5.32 Å². The van der Waals surface area contributed by atoms with Crippen LogP contribution >= 0.6 is 12.2 Å². The maximum absolute atomic E-state index is 14.1. The molecule has 27 heavy (non-hydrogen) atoms. The Bertz CT molecular complexity index is 996. The van der Waals surface area contributed by atoms with Gasteiger partial charge in [-0.25, -0.2) is 9.29 Å². The molecule has 2 amide bonds. The molecular formula is C19H12FN3O3S. The first-order valence-electron chi connectivity index (χ1n) is 7.77. The normalized spacial score (nSPS) is 15.5. The van der Waals surface area contributed by atoms with Gasteiger partial charge in [-0.15, -0.1) is 0 Å². The van der Waals surface area contributed by atoms with E-state index in [2.05, 4.69) is 5.32 Å². The summed E-state index contributed by atoms with van der Waals surface area (Å²) < 4.78 is 19.2. The molecule has 1 aliphatic heterocycles. The molecule has 1 aliphatic rings. The van der Waals surface area contributed by atoms with Crippen LogP contribution in [0.3, 0.4) is 0 Å². The Morgan fingerprint density at radius 2 is 1.89 bits per heavy atom. The van der Waals surface area contributed by atoms with Crippen LogP contribution in [0.1, 0.15) is 5.56 Å². The number of nitrogens with one attached hydrogen (secondary N) is 1. The molecule has 0 aliphatic carbocycles. The number of carbonyl (C=O) groups excluding carboxylic acids is 2. The predicted molar refractivity (Wildman–Crippen MR) is 100 cm³/mol. The fraction of sp³-hybridized carbons (Fsp3) is 0.0526. The summed E-state index contributed by atoms with van der Waals surface area (Å²) in [6, 6.07) is 14.0. The molecule has 0 saturated carbocycles. The van der Waals surface area contributed by atoms with Crippen molar-refractivity contribution in [2.24, 2.45) is 0 Å².